The van der Waals surface area contributed by atoms with Crippen LogP contribution in [0.4, 0.5) is 5.69 Å². The van der Waals surface area contributed by atoms with Gasteiger partial charge in [-0.25, -0.2) is 0 Å². The summed E-state index contributed by atoms with van der Waals surface area (Å²) in [6.07, 6.45) is 2.51. The van der Waals surface area contributed by atoms with Crippen LogP contribution in [0.1, 0.15) is 36.5 Å². The van der Waals surface area contributed by atoms with E-state index < -0.39 is 0 Å². The number of rotatable bonds is 4. The minimum Gasteiger partial charge on any atom is -0.348 e. The first kappa shape index (κ1) is 14.5. The molecule has 3 N–H and O–H groups in total. The summed E-state index contributed by atoms with van der Waals surface area (Å²) in [6.45, 7) is 3.63. The molecule has 1 heterocycles. The molecule has 1 aliphatic rings. The molecule has 20 heavy (non-hydrogen) atoms. The van der Waals surface area contributed by atoms with E-state index in [0.29, 0.717) is 17.7 Å². The van der Waals surface area contributed by atoms with Crippen molar-refractivity contribution < 1.29 is 9.59 Å². The molecule has 5 heteroatoms. The van der Waals surface area contributed by atoms with Gasteiger partial charge in [0.1, 0.15) is 0 Å². The summed E-state index contributed by atoms with van der Waals surface area (Å²) in [5, 5.41) is 9.04. The van der Waals surface area contributed by atoms with Gasteiger partial charge in [-0.3, -0.25) is 9.59 Å². The van der Waals surface area contributed by atoms with Crippen molar-refractivity contribution in [3.05, 3.63) is 29.8 Å². The molecule has 108 valence electrons. The molecule has 1 fully saturated rings. The van der Waals surface area contributed by atoms with Crippen LogP contribution in [0.15, 0.2) is 24.3 Å². The van der Waals surface area contributed by atoms with Crippen LogP contribution >= 0.6 is 0 Å². The van der Waals surface area contributed by atoms with Gasteiger partial charge >= 0.3 is 0 Å². The molecular formula is C15H21N3O2. The van der Waals surface area contributed by atoms with E-state index in [1.165, 1.54) is 0 Å². The molecule has 1 aliphatic heterocycles. The van der Waals surface area contributed by atoms with Gasteiger partial charge in [-0.05, 0) is 37.6 Å². The van der Waals surface area contributed by atoms with E-state index in [9.17, 15) is 9.59 Å². The largest absolute Gasteiger partial charge is 0.348 e. The number of nitrogens with one attached hydrogen (secondary N) is 3. The predicted molar refractivity (Wildman–Crippen MR) is 78.7 cm³/mol. The number of carbonyl (C=O) groups is 2. The number of anilines is 1. The third kappa shape index (κ3) is 4.06. The lowest BCUT2D eigenvalue weighted by Gasteiger charge is -2.23. The van der Waals surface area contributed by atoms with Gasteiger partial charge in [0.2, 0.25) is 5.91 Å². The molecule has 2 amide bonds. The number of hydrogen-bond acceptors (Lipinski definition) is 3. The molecule has 0 spiro atoms. The van der Waals surface area contributed by atoms with Gasteiger partial charge in [-0.2, -0.15) is 0 Å². The molecular weight excluding hydrogens is 254 g/mol. The van der Waals surface area contributed by atoms with E-state index >= 15 is 0 Å². The van der Waals surface area contributed by atoms with Crippen molar-refractivity contribution in [2.24, 2.45) is 0 Å². The quantitative estimate of drug-likeness (QED) is 0.780. The number of amides is 2. The Bertz CT molecular complexity index is 482. The summed E-state index contributed by atoms with van der Waals surface area (Å²) in [6, 6.07) is 7.21. The van der Waals surface area contributed by atoms with Crippen molar-refractivity contribution in [1.29, 1.82) is 0 Å². The third-order valence-corrected chi connectivity index (χ3v) is 3.36. The monoisotopic (exact) mass is 275 g/mol. The van der Waals surface area contributed by atoms with Gasteiger partial charge in [0.25, 0.3) is 5.91 Å². The highest BCUT2D eigenvalue weighted by atomic mass is 16.2. The highest BCUT2D eigenvalue weighted by Gasteiger charge is 2.16. The lowest BCUT2D eigenvalue weighted by molar-refractivity contribution is -0.115. The second-order valence-corrected chi connectivity index (χ2v) is 5.00. The van der Waals surface area contributed by atoms with E-state index in [1.54, 1.807) is 31.2 Å². The van der Waals surface area contributed by atoms with Crippen molar-refractivity contribution in [3.63, 3.8) is 0 Å². The predicted octanol–water partition coefficient (Wildman–Crippen LogP) is 1.52. The maximum absolute atomic E-state index is 12.2. The smallest absolute Gasteiger partial charge is 0.251 e. The zero-order valence-corrected chi connectivity index (χ0v) is 11.7. The van der Waals surface area contributed by atoms with Crippen molar-refractivity contribution in [2.45, 2.75) is 32.2 Å². The summed E-state index contributed by atoms with van der Waals surface area (Å²) in [4.78, 5) is 23.5. The Kier molecular flexibility index (Phi) is 5.12. The molecule has 0 radical (unpaired) electrons. The maximum atomic E-state index is 12.2. The maximum Gasteiger partial charge on any atom is 0.251 e. The van der Waals surface area contributed by atoms with Gasteiger partial charge in [0.05, 0.1) is 0 Å². The van der Waals surface area contributed by atoms with E-state index in [-0.39, 0.29) is 17.9 Å². The van der Waals surface area contributed by atoms with Gasteiger partial charge < -0.3 is 16.0 Å². The number of carbonyl (C=O) groups excluding carboxylic acids is 2. The Morgan fingerprint density at radius 2 is 2.25 bits per heavy atom. The first-order valence-electron chi connectivity index (χ1n) is 7.10. The second kappa shape index (κ2) is 7.05. The normalized spacial score (nSPS) is 18.4. The SMILES string of the molecule is CCC(=O)Nc1cccc(C(=O)N[C@H]2CCCNC2)c1. The molecule has 0 bridgehead atoms. The molecule has 1 atom stereocenters. The Morgan fingerprint density at radius 1 is 1.40 bits per heavy atom. The van der Waals surface area contributed by atoms with Crippen LogP contribution < -0.4 is 16.0 Å². The van der Waals surface area contributed by atoms with E-state index in [1.807, 2.05) is 0 Å². The Hall–Kier alpha value is -1.88. The Labute approximate surface area is 119 Å². The topological polar surface area (TPSA) is 70.2 Å². The number of hydrogen-bond donors (Lipinski definition) is 3. The molecule has 5 nitrogen and oxygen atoms in total. The number of piperidine rings is 1. The van der Waals surface area contributed by atoms with E-state index in [2.05, 4.69) is 16.0 Å². The van der Waals surface area contributed by atoms with Crippen LogP contribution in [-0.2, 0) is 4.79 Å². The van der Waals surface area contributed by atoms with Crippen molar-refractivity contribution in [1.82, 2.24) is 10.6 Å². The van der Waals surface area contributed by atoms with Gasteiger partial charge in [-0.1, -0.05) is 13.0 Å². The van der Waals surface area contributed by atoms with Crippen LogP contribution in [0.25, 0.3) is 0 Å². The Balaban J connectivity index is 1.98. The van der Waals surface area contributed by atoms with Crippen LogP contribution in [-0.4, -0.2) is 30.9 Å². The summed E-state index contributed by atoms with van der Waals surface area (Å²) in [5.41, 5.74) is 1.23. The van der Waals surface area contributed by atoms with Crippen LogP contribution in [0, 0.1) is 0 Å². The van der Waals surface area contributed by atoms with E-state index in [0.717, 1.165) is 25.9 Å². The Morgan fingerprint density at radius 3 is 2.95 bits per heavy atom. The molecule has 0 aromatic heterocycles. The lowest BCUT2D eigenvalue weighted by atomic mass is 10.1. The summed E-state index contributed by atoms with van der Waals surface area (Å²) in [7, 11) is 0. The van der Waals surface area contributed by atoms with Crippen molar-refractivity contribution >= 4 is 17.5 Å². The molecule has 0 unspecified atom stereocenters. The van der Waals surface area contributed by atoms with Crippen LogP contribution in [0.2, 0.25) is 0 Å². The van der Waals surface area contributed by atoms with Crippen LogP contribution in [0.3, 0.4) is 0 Å². The van der Waals surface area contributed by atoms with Gasteiger partial charge in [-0.15, -0.1) is 0 Å². The van der Waals surface area contributed by atoms with Crippen molar-refractivity contribution in [3.8, 4) is 0 Å². The molecule has 1 aromatic carbocycles. The average Bonchev–Trinajstić information content (AvgIpc) is 2.48. The number of benzene rings is 1. The molecule has 0 aliphatic carbocycles. The molecule has 1 aromatic rings. The highest BCUT2D eigenvalue weighted by molar-refractivity contribution is 5.97. The molecule has 0 saturated carbocycles. The minimum absolute atomic E-state index is 0.0564. The second-order valence-electron chi connectivity index (χ2n) is 5.00. The fraction of sp³-hybridized carbons (Fsp3) is 0.467. The first-order chi connectivity index (χ1) is 9.69. The lowest BCUT2D eigenvalue weighted by Crippen LogP contribution is -2.45. The van der Waals surface area contributed by atoms with Crippen molar-refractivity contribution in [2.75, 3.05) is 18.4 Å². The van der Waals surface area contributed by atoms with E-state index in [4.69, 9.17) is 0 Å². The van der Waals surface area contributed by atoms with Gasteiger partial charge in [0, 0.05) is 30.3 Å². The summed E-state index contributed by atoms with van der Waals surface area (Å²) < 4.78 is 0. The van der Waals surface area contributed by atoms with Gasteiger partial charge in [0.15, 0.2) is 0 Å². The third-order valence-electron chi connectivity index (χ3n) is 3.36. The highest BCUT2D eigenvalue weighted by Crippen LogP contribution is 2.12. The standard InChI is InChI=1S/C15H21N3O2/c1-2-14(19)17-12-6-3-5-11(9-12)15(20)18-13-7-4-8-16-10-13/h3,5-6,9,13,16H,2,4,7-8,10H2,1H3,(H,17,19)(H,18,20)/t13-/m0/s1. The first-order valence-corrected chi connectivity index (χ1v) is 7.10. The average molecular weight is 275 g/mol. The fourth-order valence-electron chi connectivity index (χ4n) is 2.23. The zero-order chi connectivity index (χ0) is 14.4. The fourth-order valence-corrected chi connectivity index (χ4v) is 2.23. The summed E-state index contributed by atoms with van der Waals surface area (Å²) >= 11 is 0. The zero-order valence-electron chi connectivity index (χ0n) is 11.7. The molecule has 1 saturated heterocycles. The molecule has 2 rings (SSSR count). The summed E-state index contributed by atoms with van der Waals surface area (Å²) in [5.74, 6) is -0.148. The van der Waals surface area contributed by atoms with Crippen LogP contribution in [0.5, 0.6) is 0 Å². The minimum atomic E-state index is -0.0914.